The van der Waals surface area contributed by atoms with E-state index in [9.17, 15) is 4.79 Å². The van der Waals surface area contributed by atoms with Gasteiger partial charge in [-0.25, -0.2) is 0 Å². The van der Waals surface area contributed by atoms with Gasteiger partial charge in [0.25, 0.3) is 0 Å². The molecule has 1 aromatic rings. The van der Waals surface area contributed by atoms with Gasteiger partial charge in [0.1, 0.15) is 6.61 Å². The number of esters is 1. The topological polar surface area (TPSA) is 50.1 Å². The summed E-state index contributed by atoms with van der Waals surface area (Å²) in [6.45, 7) is 2.58. The second kappa shape index (κ2) is 7.25. The summed E-state index contributed by atoms with van der Waals surface area (Å²) in [4.78, 5) is 11.8. The Morgan fingerprint density at radius 1 is 1.45 bits per heavy atom. The van der Waals surface area contributed by atoms with Crippen molar-refractivity contribution >= 4 is 14.8 Å². The second-order valence-corrected chi connectivity index (χ2v) is 8.42. The molecule has 2 rings (SSSR count). The van der Waals surface area contributed by atoms with Gasteiger partial charge in [-0.2, -0.15) is 5.26 Å². The van der Waals surface area contributed by atoms with E-state index in [0.29, 0.717) is 6.61 Å². The van der Waals surface area contributed by atoms with Crippen molar-refractivity contribution in [2.75, 3.05) is 0 Å². The normalized spacial score (nSPS) is 15.2. The van der Waals surface area contributed by atoms with Crippen LogP contribution in [0.4, 0.5) is 0 Å². The lowest BCUT2D eigenvalue weighted by atomic mass is 10.1. The predicted molar refractivity (Wildman–Crippen MR) is 79.4 cm³/mol. The average Bonchev–Trinajstić information content (AvgIpc) is 3.30. The Balaban J connectivity index is 1.73. The summed E-state index contributed by atoms with van der Waals surface area (Å²) < 4.78 is 5.24. The van der Waals surface area contributed by atoms with Gasteiger partial charge in [0.05, 0.1) is 36.5 Å². The van der Waals surface area contributed by atoms with Gasteiger partial charge in [0, 0.05) is 0 Å². The summed E-state index contributed by atoms with van der Waals surface area (Å²) in [6.07, 6.45) is 2.88. The Kier molecular flexibility index (Phi) is 5.37. The molecule has 1 aliphatic carbocycles. The maximum Gasteiger partial charge on any atom is 0.315 e. The molecule has 1 aromatic carbocycles. The van der Waals surface area contributed by atoms with Gasteiger partial charge in [-0.1, -0.05) is 30.3 Å². The van der Waals surface area contributed by atoms with Gasteiger partial charge in [-0.05, 0) is 18.4 Å². The van der Waals surface area contributed by atoms with E-state index in [4.69, 9.17) is 10.00 Å². The number of nitrogens with zero attached hydrogens (tertiary/aromatic N) is 1. The average molecular weight is 286 g/mol. The van der Waals surface area contributed by atoms with Crippen LogP contribution in [0.25, 0.3) is 0 Å². The summed E-state index contributed by atoms with van der Waals surface area (Å²) in [5.74, 6) is -0.427. The number of carbonyl (C=O) groups excluding carboxylic acids is 1. The molecule has 0 heterocycles. The first kappa shape index (κ1) is 14.8. The molecule has 4 heteroatoms. The van der Waals surface area contributed by atoms with Gasteiger partial charge in [-0.3, -0.25) is 4.79 Å². The molecule has 0 amide bonds. The van der Waals surface area contributed by atoms with Crippen LogP contribution in [-0.4, -0.2) is 14.8 Å². The summed E-state index contributed by atoms with van der Waals surface area (Å²) in [6, 6.07) is 12.8. The molecule has 20 heavy (non-hydrogen) atoms. The van der Waals surface area contributed by atoms with E-state index < -0.39 is 8.80 Å². The molecule has 3 nitrogen and oxygen atoms in total. The maximum absolute atomic E-state index is 11.8. The molecular formula is C16H20NO2Si+. The second-order valence-electron chi connectivity index (χ2n) is 5.50. The highest BCUT2D eigenvalue weighted by Gasteiger charge is 2.43. The van der Waals surface area contributed by atoms with Crippen molar-refractivity contribution in [1.29, 1.82) is 5.26 Å². The van der Waals surface area contributed by atoms with Gasteiger partial charge in [0.2, 0.25) is 0 Å². The third kappa shape index (κ3) is 4.82. The number of hydrogen-bond acceptors (Lipinski definition) is 3. The first-order valence-electron chi connectivity index (χ1n) is 7.10. The third-order valence-corrected chi connectivity index (χ3v) is 6.79. The zero-order chi connectivity index (χ0) is 14.4. The zero-order valence-corrected chi connectivity index (χ0v) is 12.8. The molecular weight excluding hydrogens is 266 g/mol. The van der Waals surface area contributed by atoms with Gasteiger partial charge in [-0.15, -0.1) is 0 Å². The van der Waals surface area contributed by atoms with Crippen LogP contribution in [0.5, 0.6) is 0 Å². The summed E-state index contributed by atoms with van der Waals surface area (Å²) in [5, 5.41) is 9.17. The third-order valence-electron chi connectivity index (χ3n) is 3.68. The molecule has 1 atom stereocenters. The fourth-order valence-electron chi connectivity index (χ4n) is 2.29. The fourth-order valence-corrected chi connectivity index (χ4v) is 4.79. The van der Waals surface area contributed by atoms with Crippen LogP contribution in [0.3, 0.4) is 0 Å². The Morgan fingerprint density at radius 2 is 2.15 bits per heavy atom. The lowest BCUT2D eigenvalue weighted by Crippen LogP contribution is -2.17. The van der Waals surface area contributed by atoms with Crippen molar-refractivity contribution in [2.24, 2.45) is 5.92 Å². The van der Waals surface area contributed by atoms with Crippen molar-refractivity contribution < 1.29 is 9.53 Å². The standard InChI is InChI=1S/C16H20NO2Si/c1-20(15-7-8-15)12-14(10-17)9-16(18)19-11-13-5-3-2-4-6-13/h2-6,14-15H,7-9,11-12H2,1H3/q+1. The Hall–Kier alpha value is -1.60. The van der Waals surface area contributed by atoms with Crippen LogP contribution in [0.1, 0.15) is 24.8 Å². The Labute approximate surface area is 122 Å². The molecule has 1 unspecified atom stereocenters. The zero-order valence-electron chi connectivity index (χ0n) is 11.8. The van der Waals surface area contributed by atoms with Gasteiger partial charge < -0.3 is 4.74 Å². The molecule has 0 spiro atoms. The monoisotopic (exact) mass is 286 g/mol. The van der Waals surface area contributed by atoms with Crippen LogP contribution >= 0.6 is 0 Å². The predicted octanol–water partition coefficient (Wildman–Crippen LogP) is 3.55. The summed E-state index contributed by atoms with van der Waals surface area (Å²) in [7, 11) is -0.448. The largest absolute Gasteiger partial charge is 0.461 e. The van der Waals surface area contributed by atoms with Crippen LogP contribution in [0.2, 0.25) is 18.1 Å². The number of ether oxygens (including phenoxy) is 1. The van der Waals surface area contributed by atoms with Gasteiger partial charge in [0.15, 0.2) is 0 Å². The summed E-state index contributed by atoms with van der Waals surface area (Å²) in [5.41, 5.74) is 1.85. The van der Waals surface area contributed by atoms with Crippen LogP contribution < -0.4 is 0 Å². The van der Waals surface area contributed by atoms with Crippen LogP contribution in [0.15, 0.2) is 30.3 Å². The van der Waals surface area contributed by atoms with Crippen molar-refractivity contribution in [1.82, 2.24) is 0 Å². The number of rotatable bonds is 7. The fraction of sp³-hybridized carbons (Fsp3) is 0.500. The highest BCUT2D eigenvalue weighted by molar-refractivity contribution is 6.60. The van der Waals surface area contributed by atoms with Crippen molar-refractivity contribution in [3.05, 3.63) is 35.9 Å². The number of hydrogen-bond donors (Lipinski definition) is 0. The molecule has 104 valence electrons. The molecule has 0 aliphatic heterocycles. The minimum absolute atomic E-state index is 0.169. The van der Waals surface area contributed by atoms with E-state index in [0.717, 1.165) is 17.1 Å². The molecule has 0 bridgehead atoms. The SMILES string of the molecule is C[Si+](CC(C#N)CC(=O)OCc1ccccc1)C1CC1. The van der Waals surface area contributed by atoms with Crippen molar-refractivity contribution in [2.45, 2.75) is 44.0 Å². The Bertz CT molecular complexity index is 479. The molecule has 0 N–H and O–H groups in total. The number of carbonyl (C=O) groups is 1. The smallest absolute Gasteiger partial charge is 0.315 e. The van der Waals surface area contributed by atoms with E-state index >= 15 is 0 Å². The highest BCUT2D eigenvalue weighted by atomic mass is 28.3. The molecule has 1 saturated carbocycles. The van der Waals surface area contributed by atoms with E-state index in [1.165, 1.54) is 12.8 Å². The van der Waals surface area contributed by atoms with Crippen LogP contribution in [0, 0.1) is 17.2 Å². The lowest BCUT2D eigenvalue weighted by Gasteiger charge is -2.07. The number of nitriles is 1. The first-order chi connectivity index (χ1) is 9.69. The van der Waals surface area contributed by atoms with E-state index in [-0.39, 0.29) is 18.3 Å². The van der Waals surface area contributed by atoms with Gasteiger partial charge >= 0.3 is 14.8 Å². The maximum atomic E-state index is 11.8. The lowest BCUT2D eigenvalue weighted by molar-refractivity contribution is -0.145. The van der Waals surface area contributed by atoms with E-state index in [1.807, 2.05) is 30.3 Å². The number of benzene rings is 1. The molecule has 0 aromatic heterocycles. The van der Waals surface area contributed by atoms with Crippen molar-refractivity contribution in [3.8, 4) is 6.07 Å². The van der Waals surface area contributed by atoms with E-state index in [2.05, 4.69) is 12.6 Å². The Morgan fingerprint density at radius 3 is 2.75 bits per heavy atom. The minimum atomic E-state index is -0.448. The molecule has 1 fully saturated rings. The molecule has 1 aliphatic rings. The highest BCUT2D eigenvalue weighted by Crippen LogP contribution is 2.41. The van der Waals surface area contributed by atoms with Crippen LogP contribution in [-0.2, 0) is 16.1 Å². The van der Waals surface area contributed by atoms with E-state index in [1.54, 1.807) is 0 Å². The molecule has 0 saturated heterocycles. The molecule has 0 radical (unpaired) electrons. The minimum Gasteiger partial charge on any atom is -0.461 e. The van der Waals surface area contributed by atoms with Crippen molar-refractivity contribution in [3.63, 3.8) is 0 Å². The first-order valence-corrected chi connectivity index (χ1v) is 9.39. The summed E-state index contributed by atoms with van der Waals surface area (Å²) >= 11 is 0. The quantitative estimate of drug-likeness (QED) is 0.569.